The minimum absolute atomic E-state index is 0.580. The van der Waals surface area contributed by atoms with Crippen LogP contribution < -0.4 is 5.32 Å². The van der Waals surface area contributed by atoms with Crippen LogP contribution in [0.2, 0.25) is 0 Å². The van der Waals surface area contributed by atoms with E-state index < -0.39 is 0 Å². The van der Waals surface area contributed by atoms with Gasteiger partial charge in [0.25, 0.3) is 0 Å². The van der Waals surface area contributed by atoms with Crippen molar-refractivity contribution in [2.45, 2.75) is 39.7 Å². The molecule has 0 aliphatic rings. The fourth-order valence-electron chi connectivity index (χ4n) is 2.06. The topological polar surface area (TPSA) is 29.9 Å². The van der Waals surface area contributed by atoms with E-state index in [9.17, 15) is 0 Å². The van der Waals surface area contributed by atoms with E-state index in [1.54, 1.807) is 0 Å². The molecule has 0 aliphatic carbocycles. The highest BCUT2D eigenvalue weighted by Crippen LogP contribution is 2.18. The van der Waals surface area contributed by atoms with Crippen LogP contribution in [0.25, 0.3) is 0 Å². The Kier molecular flexibility index (Phi) is 5.00. The summed E-state index contributed by atoms with van der Waals surface area (Å²) in [7, 11) is 4.12. The second kappa shape index (κ2) is 6.04. The molecule has 0 spiro atoms. The number of imidazole rings is 1. The zero-order chi connectivity index (χ0) is 12.1. The second-order valence-electron chi connectivity index (χ2n) is 4.99. The summed E-state index contributed by atoms with van der Waals surface area (Å²) >= 11 is 0. The maximum absolute atomic E-state index is 4.36. The lowest BCUT2D eigenvalue weighted by atomic mass is 9.88. The molecule has 1 N–H and O–H groups in total. The van der Waals surface area contributed by atoms with Gasteiger partial charge < -0.3 is 9.88 Å². The molecule has 3 heteroatoms. The summed E-state index contributed by atoms with van der Waals surface area (Å²) in [5.74, 6) is 2.60. The van der Waals surface area contributed by atoms with Crippen molar-refractivity contribution in [2.24, 2.45) is 18.9 Å². The highest BCUT2D eigenvalue weighted by atomic mass is 15.0. The van der Waals surface area contributed by atoms with Crippen molar-refractivity contribution < 1.29 is 0 Å². The Morgan fingerprint density at radius 2 is 2.06 bits per heavy atom. The maximum atomic E-state index is 4.36. The molecule has 2 unspecified atom stereocenters. The van der Waals surface area contributed by atoms with Crippen LogP contribution in [0.5, 0.6) is 0 Å². The first-order valence-electron chi connectivity index (χ1n) is 6.19. The first-order chi connectivity index (χ1) is 7.56. The summed E-state index contributed by atoms with van der Waals surface area (Å²) in [6.07, 6.45) is 6.08. The minimum atomic E-state index is 0.580. The Balaban J connectivity index is 2.49. The molecule has 0 radical (unpaired) electrons. The zero-order valence-electron chi connectivity index (χ0n) is 11.2. The lowest BCUT2D eigenvalue weighted by molar-refractivity contribution is 0.297. The van der Waals surface area contributed by atoms with E-state index >= 15 is 0 Å². The molecule has 1 aromatic heterocycles. The van der Waals surface area contributed by atoms with Gasteiger partial charge in [0, 0.05) is 31.9 Å². The van der Waals surface area contributed by atoms with Gasteiger partial charge in [0.15, 0.2) is 0 Å². The molecule has 0 aliphatic heterocycles. The van der Waals surface area contributed by atoms with Crippen LogP contribution in [0.4, 0.5) is 0 Å². The highest BCUT2D eigenvalue weighted by Gasteiger charge is 2.18. The van der Waals surface area contributed by atoms with Gasteiger partial charge in [0.05, 0.1) is 0 Å². The van der Waals surface area contributed by atoms with Crippen molar-refractivity contribution >= 4 is 0 Å². The van der Waals surface area contributed by atoms with Crippen LogP contribution >= 0.6 is 0 Å². The second-order valence-corrected chi connectivity index (χ2v) is 4.99. The normalized spacial score (nSPS) is 15.4. The summed E-state index contributed by atoms with van der Waals surface area (Å²) in [4.78, 5) is 4.36. The molecule has 0 fully saturated rings. The molecular formula is C13H25N3. The van der Waals surface area contributed by atoms with Gasteiger partial charge in [0.2, 0.25) is 0 Å². The molecule has 0 saturated carbocycles. The lowest BCUT2D eigenvalue weighted by Gasteiger charge is -2.26. The first kappa shape index (κ1) is 13.2. The van der Waals surface area contributed by atoms with Crippen LogP contribution in [0.15, 0.2) is 12.4 Å². The number of aryl methyl sites for hydroxylation is 2. The monoisotopic (exact) mass is 223 g/mol. The molecule has 3 nitrogen and oxygen atoms in total. The predicted molar refractivity (Wildman–Crippen MR) is 68.4 cm³/mol. The van der Waals surface area contributed by atoms with Gasteiger partial charge in [-0.3, -0.25) is 0 Å². The fraction of sp³-hybridized carbons (Fsp3) is 0.769. The molecule has 1 aromatic rings. The number of aromatic nitrogens is 2. The summed E-state index contributed by atoms with van der Waals surface area (Å²) in [5, 5.41) is 3.43. The third-order valence-electron chi connectivity index (χ3n) is 3.66. The number of nitrogens with one attached hydrogen (secondary N) is 1. The minimum Gasteiger partial charge on any atom is -0.338 e. The van der Waals surface area contributed by atoms with Gasteiger partial charge in [-0.15, -0.1) is 0 Å². The fourth-order valence-corrected chi connectivity index (χ4v) is 2.06. The van der Waals surface area contributed by atoms with Gasteiger partial charge in [-0.2, -0.15) is 0 Å². The molecule has 16 heavy (non-hydrogen) atoms. The Morgan fingerprint density at radius 1 is 1.38 bits per heavy atom. The number of rotatable bonds is 6. The summed E-state index contributed by atoms with van der Waals surface area (Å²) in [6.45, 7) is 6.90. The number of hydrogen-bond donors (Lipinski definition) is 1. The molecule has 0 aromatic carbocycles. The molecule has 0 bridgehead atoms. The standard InChI is InChI=1S/C13H25N3/c1-10(2)11(3)12(14-4)6-7-13-15-8-9-16(13)5/h8-12,14H,6-7H2,1-5H3. The molecule has 1 heterocycles. The summed E-state index contributed by atoms with van der Waals surface area (Å²) in [5.41, 5.74) is 0. The Hall–Kier alpha value is -0.830. The number of nitrogens with zero attached hydrogens (tertiary/aromatic N) is 2. The van der Waals surface area contributed by atoms with Crippen molar-refractivity contribution in [3.8, 4) is 0 Å². The molecule has 0 amide bonds. The largest absolute Gasteiger partial charge is 0.338 e. The van der Waals surface area contributed by atoms with Crippen LogP contribution in [0, 0.1) is 11.8 Å². The number of hydrogen-bond acceptors (Lipinski definition) is 2. The van der Waals surface area contributed by atoms with E-state index in [1.165, 1.54) is 5.82 Å². The van der Waals surface area contributed by atoms with Crippen LogP contribution in [-0.4, -0.2) is 22.6 Å². The summed E-state index contributed by atoms with van der Waals surface area (Å²) < 4.78 is 2.10. The Labute approximate surface area is 99.3 Å². The van der Waals surface area contributed by atoms with E-state index in [2.05, 4.69) is 49.7 Å². The SMILES string of the molecule is CNC(CCc1nccn1C)C(C)C(C)C. The van der Waals surface area contributed by atoms with Gasteiger partial charge >= 0.3 is 0 Å². The molecule has 1 rings (SSSR count). The average Bonchev–Trinajstić information content (AvgIpc) is 2.65. The first-order valence-corrected chi connectivity index (χ1v) is 6.19. The van der Waals surface area contributed by atoms with Crippen LogP contribution in [-0.2, 0) is 13.5 Å². The van der Waals surface area contributed by atoms with E-state index in [1.807, 2.05) is 12.4 Å². The Morgan fingerprint density at radius 3 is 2.50 bits per heavy atom. The van der Waals surface area contributed by atoms with Gasteiger partial charge in [0.1, 0.15) is 5.82 Å². The Bertz CT molecular complexity index is 304. The lowest BCUT2D eigenvalue weighted by Crippen LogP contribution is -2.35. The van der Waals surface area contributed by atoms with Crippen molar-refractivity contribution in [1.82, 2.24) is 14.9 Å². The van der Waals surface area contributed by atoms with Gasteiger partial charge in [-0.25, -0.2) is 4.98 Å². The zero-order valence-corrected chi connectivity index (χ0v) is 11.2. The average molecular weight is 223 g/mol. The maximum Gasteiger partial charge on any atom is 0.108 e. The summed E-state index contributed by atoms with van der Waals surface area (Å²) in [6, 6.07) is 0.580. The molecule has 0 saturated heterocycles. The van der Waals surface area contributed by atoms with Crippen LogP contribution in [0.3, 0.4) is 0 Å². The van der Waals surface area contributed by atoms with E-state index in [0.717, 1.165) is 18.8 Å². The van der Waals surface area contributed by atoms with E-state index in [0.29, 0.717) is 12.0 Å². The van der Waals surface area contributed by atoms with E-state index in [-0.39, 0.29) is 0 Å². The molecule has 2 atom stereocenters. The third kappa shape index (κ3) is 3.34. The third-order valence-corrected chi connectivity index (χ3v) is 3.66. The van der Waals surface area contributed by atoms with Crippen molar-refractivity contribution in [2.75, 3.05) is 7.05 Å². The molecular weight excluding hydrogens is 198 g/mol. The van der Waals surface area contributed by atoms with Crippen molar-refractivity contribution in [3.05, 3.63) is 18.2 Å². The quantitative estimate of drug-likeness (QED) is 0.801. The van der Waals surface area contributed by atoms with Gasteiger partial charge in [-0.05, 0) is 25.3 Å². The van der Waals surface area contributed by atoms with Crippen LogP contribution in [0.1, 0.15) is 33.0 Å². The molecule has 92 valence electrons. The highest BCUT2D eigenvalue weighted by molar-refractivity contribution is 4.92. The van der Waals surface area contributed by atoms with Crippen molar-refractivity contribution in [3.63, 3.8) is 0 Å². The predicted octanol–water partition coefficient (Wildman–Crippen LogP) is 2.23. The van der Waals surface area contributed by atoms with E-state index in [4.69, 9.17) is 0 Å². The van der Waals surface area contributed by atoms with Crippen molar-refractivity contribution in [1.29, 1.82) is 0 Å². The smallest absolute Gasteiger partial charge is 0.108 e. The van der Waals surface area contributed by atoms with Gasteiger partial charge in [-0.1, -0.05) is 20.8 Å².